The Labute approximate surface area is 168 Å². The van der Waals surface area contributed by atoms with Gasteiger partial charge in [-0.1, -0.05) is 47.1 Å². The highest BCUT2D eigenvalue weighted by molar-refractivity contribution is 5.91. The average molecular weight is 394 g/mol. The Bertz CT molecular complexity index is 978. The van der Waals surface area contributed by atoms with Crippen molar-refractivity contribution in [2.45, 2.75) is 6.92 Å². The first-order chi connectivity index (χ1) is 14.1. The molecule has 1 amide bonds. The summed E-state index contributed by atoms with van der Waals surface area (Å²) in [5.74, 6) is -0.0418. The summed E-state index contributed by atoms with van der Waals surface area (Å²) in [4.78, 5) is 16.4. The minimum atomic E-state index is -0.214. The van der Waals surface area contributed by atoms with Gasteiger partial charge in [-0.3, -0.25) is 15.0 Å². The van der Waals surface area contributed by atoms with Crippen molar-refractivity contribution in [1.29, 1.82) is 0 Å². The molecule has 4 rings (SSSR count). The number of benzene rings is 2. The van der Waals surface area contributed by atoms with Crippen LogP contribution in [0, 0.1) is 12.7 Å². The Morgan fingerprint density at radius 1 is 1.10 bits per heavy atom. The number of anilines is 2. The molecule has 2 heterocycles. The van der Waals surface area contributed by atoms with E-state index in [9.17, 15) is 9.18 Å². The molecular formula is C22H23FN4O2. The molecule has 29 heavy (non-hydrogen) atoms. The lowest BCUT2D eigenvalue weighted by molar-refractivity contribution is -0.117. The molecular weight excluding hydrogens is 371 g/mol. The maximum atomic E-state index is 13.9. The predicted octanol–water partition coefficient (Wildman–Crippen LogP) is 3.55. The summed E-state index contributed by atoms with van der Waals surface area (Å²) < 4.78 is 19.2. The summed E-state index contributed by atoms with van der Waals surface area (Å²) in [6, 6.07) is 16.4. The molecule has 6 nitrogen and oxygen atoms in total. The molecule has 0 bridgehead atoms. The van der Waals surface area contributed by atoms with Gasteiger partial charge in [-0.15, -0.1) is 0 Å². The summed E-state index contributed by atoms with van der Waals surface area (Å²) in [6.45, 7) is 5.00. The van der Waals surface area contributed by atoms with Crippen LogP contribution in [0.3, 0.4) is 0 Å². The van der Waals surface area contributed by atoms with Crippen molar-refractivity contribution in [3.63, 3.8) is 0 Å². The van der Waals surface area contributed by atoms with E-state index in [0.29, 0.717) is 43.4 Å². The number of nitrogens with zero attached hydrogens (tertiary/aromatic N) is 3. The molecule has 0 unspecified atom stereocenters. The van der Waals surface area contributed by atoms with Gasteiger partial charge in [0.15, 0.2) is 0 Å². The Kier molecular flexibility index (Phi) is 5.57. The van der Waals surface area contributed by atoms with Gasteiger partial charge in [-0.2, -0.15) is 0 Å². The maximum absolute atomic E-state index is 13.9. The van der Waals surface area contributed by atoms with Crippen LogP contribution in [0.15, 0.2) is 59.1 Å². The fraction of sp³-hybridized carbons (Fsp3) is 0.273. The smallest absolute Gasteiger partial charge is 0.240 e. The molecule has 2 aromatic carbocycles. The van der Waals surface area contributed by atoms with Gasteiger partial charge >= 0.3 is 0 Å². The molecule has 0 aliphatic carbocycles. The first-order valence-electron chi connectivity index (χ1n) is 9.64. The number of halogens is 1. The van der Waals surface area contributed by atoms with Crippen LogP contribution in [-0.2, 0) is 4.79 Å². The largest absolute Gasteiger partial charge is 0.367 e. The van der Waals surface area contributed by atoms with E-state index in [1.807, 2.05) is 47.1 Å². The van der Waals surface area contributed by atoms with E-state index in [4.69, 9.17) is 4.52 Å². The van der Waals surface area contributed by atoms with Crippen LogP contribution < -0.4 is 10.2 Å². The highest BCUT2D eigenvalue weighted by Crippen LogP contribution is 2.22. The van der Waals surface area contributed by atoms with E-state index < -0.39 is 0 Å². The van der Waals surface area contributed by atoms with Crippen molar-refractivity contribution >= 4 is 17.5 Å². The minimum Gasteiger partial charge on any atom is -0.367 e. The Morgan fingerprint density at radius 3 is 2.55 bits per heavy atom. The lowest BCUT2D eigenvalue weighted by atomic mass is 10.1. The van der Waals surface area contributed by atoms with Crippen molar-refractivity contribution in [3.05, 3.63) is 66.0 Å². The van der Waals surface area contributed by atoms with E-state index in [-0.39, 0.29) is 18.3 Å². The molecule has 0 spiro atoms. The predicted molar refractivity (Wildman–Crippen MR) is 110 cm³/mol. The molecule has 1 fully saturated rings. The summed E-state index contributed by atoms with van der Waals surface area (Å²) in [5.41, 5.74) is 3.39. The van der Waals surface area contributed by atoms with Gasteiger partial charge < -0.3 is 9.42 Å². The number of rotatable bonds is 5. The number of carbonyl (C=O) groups is 1. The summed E-state index contributed by atoms with van der Waals surface area (Å²) in [5, 5.41) is 6.78. The van der Waals surface area contributed by atoms with Gasteiger partial charge in [0.1, 0.15) is 11.5 Å². The second-order valence-electron chi connectivity index (χ2n) is 7.21. The second-order valence-corrected chi connectivity index (χ2v) is 7.21. The monoisotopic (exact) mass is 394 g/mol. The first-order valence-corrected chi connectivity index (χ1v) is 9.64. The van der Waals surface area contributed by atoms with Gasteiger partial charge in [-0.25, -0.2) is 4.39 Å². The van der Waals surface area contributed by atoms with Crippen LogP contribution in [0.4, 0.5) is 16.0 Å². The van der Waals surface area contributed by atoms with E-state index in [1.165, 1.54) is 11.6 Å². The third kappa shape index (κ3) is 4.63. The van der Waals surface area contributed by atoms with Gasteiger partial charge in [0.25, 0.3) is 0 Å². The summed E-state index contributed by atoms with van der Waals surface area (Å²) >= 11 is 0. The summed E-state index contributed by atoms with van der Waals surface area (Å²) in [6.07, 6.45) is 0. The number of carbonyl (C=O) groups excluding carboxylic acids is 1. The van der Waals surface area contributed by atoms with Crippen LogP contribution in [0.2, 0.25) is 0 Å². The molecule has 0 radical (unpaired) electrons. The molecule has 1 aromatic heterocycles. The number of hydrogen-bond acceptors (Lipinski definition) is 5. The van der Waals surface area contributed by atoms with E-state index >= 15 is 0 Å². The maximum Gasteiger partial charge on any atom is 0.240 e. The third-order valence-electron chi connectivity index (χ3n) is 5.05. The van der Waals surface area contributed by atoms with E-state index in [1.54, 1.807) is 18.2 Å². The molecule has 0 saturated carbocycles. The fourth-order valence-corrected chi connectivity index (χ4v) is 3.43. The van der Waals surface area contributed by atoms with Gasteiger partial charge in [0.05, 0.1) is 12.2 Å². The zero-order valence-corrected chi connectivity index (χ0v) is 16.3. The van der Waals surface area contributed by atoms with Crippen LogP contribution >= 0.6 is 0 Å². The lowest BCUT2D eigenvalue weighted by Crippen LogP contribution is -2.48. The molecule has 7 heteroatoms. The zero-order valence-electron chi connectivity index (χ0n) is 16.3. The topological polar surface area (TPSA) is 61.6 Å². The SMILES string of the molecule is Cc1ccc(-c2cc(NC(=O)CN3CCN(c4ccccc4F)CC3)on2)cc1. The normalized spacial score (nSPS) is 14.8. The number of piperazine rings is 1. The van der Waals surface area contributed by atoms with Crippen LogP contribution in [0.1, 0.15) is 5.56 Å². The van der Waals surface area contributed by atoms with E-state index in [2.05, 4.69) is 10.5 Å². The van der Waals surface area contributed by atoms with Crippen molar-refractivity contribution < 1.29 is 13.7 Å². The second kappa shape index (κ2) is 8.45. The quantitative estimate of drug-likeness (QED) is 0.717. The molecule has 1 N–H and O–H groups in total. The number of para-hydroxylation sites is 1. The van der Waals surface area contributed by atoms with Crippen molar-refractivity contribution in [3.8, 4) is 11.3 Å². The average Bonchev–Trinajstić information content (AvgIpc) is 3.18. The van der Waals surface area contributed by atoms with E-state index in [0.717, 1.165) is 5.56 Å². The number of amides is 1. The fourth-order valence-electron chi connectivity index (χ4n) is 3.43. The Morgan fingerprint density at radius 2 is 1.83 bits per heavy atom. The zero-order chi connectivity index (χ0) is 20.2. The number of nitrogens with one attached hydrogen (secondary N) is 1. The number of aryl methyl sites for hydroxylation is 1. The molecule has 1 saturated heterocycles. The minimum absolute atomic E-state index is 0.157. The van der Waals surface area contributed by atoms with Gasteiger partial charge in [-0.05, 0) is 19.1 Å². The highest BCUT2D eigenvalue weighted by Gasteiger charge is 2.21. The molecule has 150 valence electrons. The Balaban J connectivity index is 1.29. The first kappa shape index (κ1) is 19.1. The van der Waals surface area contributed by atoms with Gasteiger partial charge in [0, 0.05) is 37.8 Å². The van der Waals surface area contributed by atoms with Crippen molar-refractivity contribution in [2.75, 3.05) is 42.9 Å². The molecule has 1 aliphatic rings. The van der Waals surface area contributed by atoms with Crippen molar-refractivity contribution in [2.24, 2.45) is 0 Å². The lowest BCUT2D eigenvalue weighted by Gasteiger charge is -2.35. The number of hydrogen-bond donors (Lipinski definition) is 1. The Hall–Kier alpha value is -3.19. The van der Waals surface area contributed by atoms with Crippen LogP contribution in [-0.4, -0.2) is 48.7 Å². The third-order valence-corrected chi connectivity index (χ3v) is 5.05. The summed E-state index contributed by atoms with van der Waals surface area (Å²) in [7, 11) is 0. The molecule has 0 atom stereocenters. The van der Waals surface area contributed by atoms with Gasteiger partial charge in [0.2, 0.25) is 11.8 Å². The standard InChI is InChI=1S/C22H23FN4O2/c1-16-6-8-17(9-7-16)19-14-22(29-25-19)24-21(28)15-26-10-12-27(13-11-26)20-5-3-2-4-18(20)23/h2-9,14H,10-13,15H2,1H3,(H,24,28). The van der Waals surface area contributed by atoms with Crippen LogP contribution in [0.25, 0.3) is 11.3 Å². The van der Waals surface area contributed by atoms with Crippen LogP contribution in [0.5, 0.6) is 0 Å². The highest BCUT2D eigenvalue weighted by atomic mass is 19.1. The molecule has 3 aromatic rings. The van der Waals surface area contributed by atoms with Crippen molar-refractivity contribution in [1.82, 2.24) is 10.1 Å². The molecule has 1 aliphatic heterocycles. The number of aromatic nitrogens is 1.